The quantitative estimate of drug-likeness (QED) is 0.348. The maximum absolute atomic E-state index is 15.3. The molecule has 0 saturated carbocycles. The summed E-state index contributed by atoms with van der Waals surface area (Å²) in [5.74, 6) is -3.31. The summed E-state index contributed by atoms with van der Waals surface area (Å²) in [6.07, 6.45) is 4.06. The van der Waals surface area contributed by atoms with Crippen LogP contribution in [0, 0.1) is 11.6 Å². The number of likely N-dealkylation sites (N-methyl/N-ethyl adjacent to an activating group) is 1. The Morgan fingerprint density at radius 3 is 2.89 bits per heavy atom. The van der Waals surface area contributed by atoms with Gasteiger partial charge in [-0.25, -0.2) is 18.7 Å². The topological polar surface area (TPSA) is 137 Å². The molecule has 0 bridgehead atoms. The molecule has 5 N–H and O–H groups in total. The molecular weight excluding hydrogens is 494 g/mol. The molecule has 4 heterocycles. The van der Waals surface area contributed by atoms with Gasteiger partial charge >= 0.3 is 0 Å². The highest BCUT2D eigenvalue weighted by Gasteiger charge is 2.38. The van der Waals surface area contributed by atoms with E-state index in [1.54, 1.807) is 4.90 Å². The van der Waals surface area contributed by atoms with Crippen LogP contribution >= 0.6 is 0 Å². The Morgan fingerprint density at radius 2 is 2.11 bits per heavy atom. The molecule has 3 aromatic heterocycles. The van der Waals surface area contributed by atoms with Gasteiger partial charge in [0.05, 0.1) is 28.7 Å². The van der Waals surface area contributed by atoms with Crippen LogP contribution in [-0.2, 0) is 11.2 Å². The fourth-order valence-corrected chi connectivity index (χ4v) is 4.64. The maximum Gasteiger partial charge on any atom is 0.241 e. The number of amides is 1. The lowest BCUT2D eigenvalue weighted by Gasteiger charge is -2.40. The zero-order valence-corrected chi connectivity index (χ0v) is 20.3. The number of nitrogens with two attached hydrogens (primary N) is 2. The lowest BCUT2D eigenvalue weighted by atomic mass is 9.88. The fourth-order valence-electron chi connectivity index (χ4n) is 4.64. The first-order valence-electron chi connectivity index (χ1n) is 14.2. The minimum absolute atomic E-state index is 0.00142. The number of hydrogen-bond acceptors (Lipinski definition) is 8. The summed E-state index contributed by atoms with van der Waals surface area (Å²) in [5.41, 5.74) is 11.2. The van der Waals surface area contributed by atoms with Crippen LogP contribution in [0.5, 0.6) is 5.75 Å². The fraction of sp³-hybridized carbons (Fsp3) is 0.308. The number of piperidine rings is 1. The molecular formula is C26H28F2N8O2. The molecule has 0 aliphatic carbocycles. The van der Waals surface area contributed by atoms with Crippen molar-refractivity contribution < 1.29 is 25.2 Å². The Hall–Kier alpha value is -4.32. The number of nitrogen functional groups attached to an aromatic ring is 1. The van der Waals surface area contributed by atoms with Gasteiger partial charge in [0, 0.05) is 65.2 Å². The molecule has 198 valence electrons. The number of rotatable bonds is 6. The van der Waals surface area contributed by atoms with E-state index in [0.29, 0.717) is 25.5 Å². The van der Waals surface area contributed by atoms with Crippen molar-refractivity contribution in [3.63, 3.8) is 0 Å². The Labute approximate surface area is 224 Å². The third-order valence-electron chi connectivity index (χ3n) is 6.55. The molecule has 0 radical (unpaired) electrons. The van der Waals surface area contributed by atoms with Crippen LogP contribution in [0.3, 0.4) is 0 Å². The summed E-state index contributed by atoms with van der Waals surface area (Å²) in [6.45, 7) is 0.444. The van der Waals surface area contributed by atoms with Gasteiger partial charge in [-0.05, 0) is 30.5 Å². The average Bonchev–Trinajstić information content (AvgIpc) is 3.40. The molecule has 38 heavy (non-hydrogen) atoms. The lowest BCUT2D eigenvalue weighted by molar-refractivity contribution is -0.126. The van der Waals surface area contributed by atoms with Crippen molar-refractivity contribution in [1.82, 2.24) is 24.7 Å². The molecule has 1 unspecified atom stereocenters. The van der Waals surface area contributed by atoms with Crippen molar-refractivity contribution in [3.8, 4) is 17.0 Å². The van der Waals surface area contributed by atoms with Crippen molar-refractivity contribution in [2.45, 2.75) is 24.8 Å². The number of imidazole rings is 1. The van der Waals surface area contributed by atoms with Gasteiger partial charge in [-0.15, -0.1) is 0 Å². The molecule has 10 nitrogen and oxygen atoms in total. The molecule has 1 aromatic carbocycles. The number of carbonyl (C=O) groups excluding carboxylic acids is 1. The number of aromatic nitrogens is 4. The molecule has 1 saturated heterocycles. The minimum atomic E-state index is -3.01. The number of ether oxygens (including phenoxy) is 1. The number of nitrogens with one attached hydrogen (secondary N) is 1. The predicted molar refractivity (Wildman–Crippen MR) is 139 cm³/mol. The van der Waals surface area contributed by atoms with E-state index < -0.39 is 36.3 Å². The highest BCUT2D eigenvalue weighted by Crippen LogP contribution is 2.34. The van der Waals surface area contributed by atoms with Crippen molar-refractivity contribution in [2.75, 3.05) is 37.8 Å². The van der Waals surface area contributed by atoms with E-state index in [0.717, 1.165) is 6.07 Å². The first kappa shape index (κ1) is 19.7. The molecule has 1 fully saturated rings. The highest BCUT2D eigenvalue weighted by atomic mass is 19.1. The summed E-state index contributed by atoms with van der Waals surface area (Å²) < 4.78 is 76.2. The Kier molecular flexibility index (Phi) is 5.12. The number of halogens is 2. The Balaban J connectivity index is 1.68. The van der Waals surface area contributed by atoms with Gasteiger partial charge in [0.1, 0.15) is 11.4 Å². The van der Waals surface area contributed by atoms with Gasteiger partial charge in [-0.2, -0.15) is 0 Å². The first-order valence-corrected chi connectivity index (χ1v) is 11.7. The zero-order chi connectivity index (χ0) is 31.3. The van der Waals surface area contributed by atoms with Crippen molar-refractivity contribution >= 4 is 23.1 Å². The van der Waals surface area contributed by atoms with E-state index in [-0.39, 0.29) is 52.1 Å². The largest absolute Gasteiger partial charge is 0.494 e. The van der Waals surface area contributed by atoms with Crippen LogP contribution in [0.1, 0.15) is 31.0 Å². The van der Waals surface area contributed by atoms with Crippen LogP contribution in [0.2, 0.25) is 0 Å². The zero-order valence-electron chi connectivity index (χ0n) is 25.3. The van der Waals surface area contributed by atoms with E-state index in [4.69, 9.17) is 15.6 Å². The second-order valence-corrected chi connectivity index (χ2v) is 8.99. The average molecular weight is 528 g/mol. The standard InChI is InChI=1S/C26H28F2N8O2/c1-31-25(37)26(30)4-3-6-35(14-26)21-13-33-20(17-10-19(28)22(38-2)11-18(17)27)9-15(21)8-16-12-34-24-23(29)32-5-7-36(16)24/h5,7,9-13H,3-4,6,8,14,30H2,1-2H3,(H2,29,32)(H,31,37)/i2D3,8D2. The summed E-state index contributed by atoms with van der Waals surface area (Å²) in [4.78, 5) is 26.9. The van der Waals surface area contributed by atoms with E-state index in [1.165, 1.54) is 42.3 Å². The maximum atomic E-state index is 15.3. The highest BCUT2D eigenvalue weighted by molar-refractivity contribution is 5.87. The van der Waals surface area contributed by atoms with E-state index in [1.807, 2.05) is 0 Å². The van der Waals surface area contributed by atoms with Crippen molar-refractivity contribution in [3.05, 3.63) is 65.9 Å². The molecule has 1 aliphatic heterocycles. The van der Waals surface area contributed by atoms with Crippen LogP contribution in [-0.4, -0.2) is 58.0 Å². The summed E-state index contributed by atoms with van der Waals surface area (Å²) >= 11 is 0. The van der Waals surface area contributed by atoms with Gasteiger partial charge in [-0.1, -0.05) is 0 Å². The van der Waals surface area contributed by atoms with Gasteiger partial charge in [-0.3, -0.25) is 14.2 Å². The number of hydrogen-bond donors (Lipinski definition) is 3. The van der Waals surface area contributed by atoms with Gasteiger partial charge in [0.2, 0.25) is 5.91 Å². The van der Waals surface area contributed by atoms with Gasteiger partial charge < -0.3 is 26.4 Å². The van der Waals surface area contributed by atoms with Crippen LogP contribution < -0.4 is 26.4 Å². The van der Waals surface area contributed by atoms with Crippen LogP contribution in [0.15, 0.2) is 43.0 Å². The molecule has 1 amide bonds. The molecule has 12 heteroatoms. The number of methoxy groups -OCH3 is 1. The number of fused-ring (bicyclic) bond motifs is 1. The second-order valence-electron chi connectivity index (χ2n) is 8.99. The predicted octanol–water partition coefficient (Wildman–Crippen LogP) is 2.29. The van der Waals surface area contributed by atoms with Gasteiger partial charge in [0.25, 0.3) is 0 Å². The molecule has 4 aromatic rings. The van der Waals surface area contributed by atoms with Gasteiger partial charge in [0.15, 0.2) is 23.0 Å². The molecule has 5 rings (SSSR count). The number of carbonyl (C=O) groups is 1. The lowest BCUT2D eigenvalue weighted by Crippen LogP contribution is -2.62. The third kappa shape index (κ3) is 4.47. The second kappa shape index (κ2) is 9.86. The third-order valence-corrected chi connectivity index (χ3v) is 6.55. The molecule has 1 atom stereocenters. The SMILES string of the molecule is [2H]C([2H])([2H])Oc1cc(F)c(-c2cc(C([2H])([2H])c3cnc4c(N)nccn34)c(N3CCCC(N)(C(=O)NC)C3)cn2)cc1F. The van der Waals surface area contributed by atoms with E-state index >= 15 is 4.39 Å². The number of benzene rings is 1. The number of anilines is 2. The Morgan fingerprint density at radius 1 is 1.26 bits per heavy atom. The Bertz CT molecular complexity index is 1720. The molecule has 1 aliphatic rings. The van der Waals surface area contributed by atoms with Crippen LogP contribution in [0.25, 0.3) is 16.9 Å². The monoisotopic (exact) mass is 527 g/mol. The minimum Gasteiger partial charge on any atom is -0.494 e. The van der Waals surface area contributed by atoms with Crippen molar-refractivity contribution in [2.24, 2.45) is 5.73 Å². The summed E-state index contributed by atoms with van der Waals surface area (Å²) in [6, 6.07) is 2.60. The van der Waals surface area contributed by atoms with Crippen molar-refractivity contribution in [1.29, 1.82) is 0 Å². The normalized spacial score (nSPS) is 20.2. The van der Waals surface area contributed by atoms with E-state index in [2.05, 4.69) is 25.0 Å². The van der Waals surface area contributed by atoms with Crippen LogP contribution in [0.4, 0.5) is 20.3 Å². The number of nitrogens with zero attached hydrogens (tertiary/aromatic N) is 5. The molecule has 0 spiro atoms. The van der Waals surface area contributed by atoms with E-state index in [9.17, 15) is 11.9 Å². The smallest absolute Gasteiger partial charge is 0.241 e. The first-order chi connectivity index (χ1) is 20.1. The number of pyridine rings is 1. The summed E-state index contributed by atoms with van der Waals surface area (Å²) in [7, 11) is -1.53. The summed E-state index contributed by atoms with van der Waals surface area (Å²) in [5, 5.41) is 2.57.